The molecule has 0 spiro atoms. The molecule has 1 aromatic heterocycles. The Balaban J connectivity index is 1.72. The fourth-order valence-electron chi connectivity index (χ4n) is 2.69. The van der Waals surface area contributed by atoms with Crippen LogP contribution in [0.3, 0.4) is 0 Å². The van der Waals surface area contributed by atoms with Gasteiger partial charge in [-0.3, -0.25) is 9.89 Å². The van der Waals surface area contributed by atoms with Gasteiger partial charge >= 0.3 is 6.18 Å². The van der Waals surface area contributed by atoms with E-state index in [0.29, 0.717) is 18.9 Å². The Bertz CT molecular complexity index is 740. The van der Waals surface area contributed by atoms with Crippen LogP contribution >= 0.6 is 0 Å². The number of hydrogen-bond donors (Lipinski definition) is 3. The molecule has 1 amide bonds. The number of phenolic OH excluding ortho intramolecular Hbond substituents is 1. The number of nitrogens with zero attached hydrogens (tertiary/aromatic N) is 1. The Morgan fingerprint density at radius 2 is 2.17 bits per heavy atom. The minimum atomic E-state index is -4.56. The van der Waals surface area contributed by atoms with Crippen LogP contribution in [0.1, 0.15) is 33.6 Å². The lowest BCUT2D eigenvalue weighted by Crippen LogP contribution is -2.38. The summed E-state index contributed by atoms with van der Waals surface area (Å²) in [5.41, 5.74) is 0.880. The van der Waals surface area contributed by atoms with Crippen molar-refractivity contribution >= 4 is 5.91 Å². The number of aryl methyl sites for hydroxylation is 1. The Labute approximate surface area is 129 Å². The number of hydrogen-bond acceptors (Lipinski definition) is 3. The number of halogens is 3. The number of aromatic amines is 1. The van der Waals surface area contributed by atoms with Gasteiger partial charge in [0.2, 0.25) is 0 Å². The van der Waals surface area contributed by atoms with Crippen LogP contribution in [0.4, 0.5) is 13.2 Å². The number of phenols is 1. The van der Waals surface area contributed by atoms with E-state index in [9.17, 15) is 23.1 Å². The average molecular weight is 325 g/mol. The highest BCUT2D eigenvalue weighted by Crippen LogP contribution is 2.32. The number of amides is 1. The molecule has 2 aromatic rings. The first-order valence-electron chi connectivity index (χ1n) is 7.07. The standard InChI is InChI=1S/C15H14F3N3O2/c16-15(17,18)9-2-4-11(13(22)5-9)14(23)20-10-3-1-8-7-19-21-12(8)6-10/h2,4-5,7,10,22H,1,3,6H2,(H,19,21)(H,20,23). The molecule has 1 aliphatic rings. The number of aromatic nitrogens is 2. The number of benzene rings is 1. The van der Waals surface area contributed by atoms with Crippen molar-refractivity contribution < 1.29 is 23.1 Å². The molecule has 122 valence electrons. The van der Waals surface area contributed by atoms with Crippen LogP contribution in [0.25, 0.3) is 0 Å². The first-order chi connectivity index (χ1) is 10.8. The molecule has 1 aromatic carbocycles. The lowest BCUT2D eigenvalue weighted by molar-refractivity contribution is -0.137. The van der Waals surface area contributed by atoms with E-state index in [1.54, 1.807) is 6.20 Å². The number of nitrogens with one attached hydrogen (secondary N) is 2. The number of aromatic hydroxyl groups is 1. The van der Waals surface area contributed by atoms with Gasteiger partial charge in [-0.15, -0.1) is 0 Å². The van der Waals surface area contributed by atoms with E-state index in [2.05, 4.69) is 15.5 Å². The molecule has 5 nitrogen and oxygen atoms in total. The highest BCUT2D eigenvalue weighted by molar-refractivity contribution is 5.97. The summed E-state index contributed by atoms with van der Waals surface area (Å²) < 4.78 is 37.7. The Hall–Kier alpha value is -2.51. The van der Waals surface area contributed by atoms with Gasteiger partial charge in [0.15, 0.2) is 0 Å². The molecule has 0 aliphatic heterocycles. The number of fused-ring (bicyclic) bond motifs is 1. The lowest BCUT2D eigenvalue weighted by Gasteiger charge is -2.23. The topological polar surface area (TPSA) is 78.0 Å². The summed E-state index contributed by atoms with van der Waals surface area (Å²) in [6.07, 6.45) is -0.778. The third-order valence-corrected chi connectivity index (χ3v) is 3.93. The Morgan fingerprint density at radius 1 is 1.39 bits per heavy atom. The van der Waals surface area contributed by atoms with Gasteiger partial charge in [0, 0.05) is 18.2 Å². The van der Waals surface area contributed by atoms with Crippen molar-refractivity contribution in [3.8, 4) is 5.75 Å². The normalized spacial score (nSPS) is 17.6. The maximum absolute atomic E-state index is 12.6. The van der Waals surface area contributed by atoms with Crippen molar-refractivity contribution in [2.75, 3.05) is 0 Å². The minimum absolute atomic E-state index is 0.155. The van der Waals surface area contributed by atoms with Crippen molar-refractivity contribution in [1.29, 1.82) is 0 Å². The van der Waals surface area contributed by atoms with Crippen LogP contribution < -0.4 is 5.32 Å². The second-order valence-electron chi connectivity index (χ2n) is 5.52. The molecule has 23 heavy (non-hydrogen) atoms. The molecule has 1 atom stereocenters. The fraction of sp³-hybridized carbons (Fsp3) is 0.333. The molecule has 3 rings (SSSR count). The highest BCUT2D eigenvalue weighted by atomic mass is 19.4. The summed E-state index contributed by atoms with van der Waals surface area (Å²) in [5, 5.41) is 19.2. The lowest BCUT2D eigenvalue weighted by atomic mass is 9.93. The van der Waals surface area contributed by atoms with Crippen molar-refractivity contribution in [3.63, 3.8) is 0 Å². The predicted molar refractivity (Wildman–Crippen MR) is 75.0 cm³/mol. The molecule has 1 unspecified atom stereocenters. The maximum Gasteiger partial charge on any atom is 0.416 e. The summed E-state index contributed by atoms with van der Waals surface area (Å²) in [6, 6.07) is 2.17. The molecule has 1 aliphatic carbocycles. The first-order valence-corrected chi connectivity index (χ1v) is 7.07. The van der Waals surface area contributed by atoms with E-state index in [4.69, 9.17) is 0 Å². The number of carbonyl (C=O) groups excluding carboxylic acids is 1. The quantitative estimate of drug-likeness (QED) is 0.793. The van der Waals surface area contributed by atoms with Gasteiger partial charge in [-0.1, -0.05) is 0 Å². The monoisotopic (exact) mass is 325 g/mol. The van der Waals surface area contributed by atoms with Gasteiger partial charge in [-0.05, 0) is 36.6 Å². The smallest absolute Gasteiger partial charge is 0.416 e. The molecular weight excluding hydrogens is 311 g/mol. The fourth-order valence-corrected chi connectivity index (χ4v) is 2.69. The van der Waals surface area contributed by atoms with E-state index < -0.39 is 23.4 Å². The van der Waals surface area contributed by atoms with Crippen LogP contribution in [0.15, 0.2) is 24.4 Å². The zero-order chi connectivity index (χ0) is 16.6. The SMILES string of the molecule is O=C(NC1CCc2cn[nH]c2C1)c1ccc(C(F)(F)F)cc1O. The van der Waals surface area contributed by atoms with Gasteiger partial charge in [-0.25, -0.2) is 0 Å². The third kappa shape index (κ3) is 3.15. The van der Waals surface area contributed by atoms with Crippen molar-refractivity contribution in [2.24, 2.45) is 0 Å². The summed E-state index contributed by atoms with van der Waals surface area (Å²) in [5.74, 6) is -1.28. The van der Waals surface area contributed by atoms with Gasteiger partial charge in [0.25, 0.3) is 5.91 Å². The molecule has 3 N–H and O–H groups in total. The van der Waals surface area contributed by atoms with Crippen LogP contribution in [-0.4, -0.2) is 27.3 Å². The summed E-state index contributed by atoms with van der Waals surface area (Å²) in [7, 11) is 0. The van der Waals surface area contributed by atoms with Crippen LogP contribution in [-0.2, 0) is 19.0 Å². The molecule has 0 radical (unpaired) electrons. The van der Waals surface area contributed by atoms with Crippen molar-refractivity contribution in [3.05, 3.63) is 46.8 Å². The largest absolute Gasteiger partial charge is 0.507 e. The molecule has 0 fully saturated rings. The first kappa shape index (κ1) is 15.4. The molecule has 8 heteroatoms. The molecule has 0 saturated heterocycles. The summed E-state index contributed by atoms with van der Waals surface area (Å²) in [6.45, 7) is 0. The number of rotatable bonds is 2. The second kappa shape index (κ2) is 5.60. The zero-order valence-electron chi connectivity index (χ0n) is 11.9. The van der Waals surface area contributed by atoms with E-state index >= 15 is 0 Å². The van der Waals surface area contributed by atoms with Crippen molar-refractivity contribution in [1.82, 2.24) is 15.5 Å². The molecule has 0 saturated carbocycles. The summed E-state index contributed by atoms with van der Waals surface area (Å²) in [4.78, 5) is 12.2. The third-order valence-electron chi connectivity index (χ3n) is 3.93. The molecule has 0 bridgehead atoms. The van der Waals surface area contributed by atoms with Gasteiger partial charge in [0.1, 0.15) is 5.75 Å². The second-order valence-corrected chi connectivity index (χ2v) is 5.52. The minimum Gasteiger partial charge on any atom is -0.507 e. The number of alkyl halides is 3. The average Bonchev–Trinajstić information content (AvgIpc) is 2.93. The van der Waals surface area contributed by atoms with Crippen molar-refractivity contribution in [2.45, 2.75) is 31.5 Å². The zero-order valence-corrected chi connectivity index (χ0v) is 11.9. The van der Waals surface area contributed by atoms with Gasteiger partial charge in [0.05, 0.1) is 17.3 Å². The summed E-state index contributed by atoms with van der Waals surface area (Å²) >= 11 is 0. The Kier molecular flexibility index (Phi) is 3.75. The van der Waals surface area contributed by atoms with E-state index in [1.165, 1.54) is 0 Å². The number of carbonyl (C=O) groups is 1. The maximum atomic E-state index is 12.6. The van der Waals surface area contributed by atoms with E-state index in [0.717, 1.165) is 29.8 Å². The van der Waals surface area contributed by atoms with Gasteiger partial charge < -0.3 is 10.4 Å². The van der Waals surface area contributed by atoms with Gasteiger partial charge in [-0.2, -0.15) is 18.3 Å². The van der Waals surface area contributed by atoms with E-state index in [-0.39, 0.29) is 11.6 Å². The predicted octanol–water partition coefficient (Wildman–Crippen LogP) is 2.42. The van der Waals surface area contributed by atoms with E-state index in [1.807, 2.05) is 0 Å². The van der Waals surface area contributed by atoms with Crippen LogP contribution in [0, 0.1) is 0 Å². The Morgan fingerprint density at radius 3 is 2.87 bits per heavy atom. The molecule has 1 heterocycles. The highest BCUT2D eigenvalue weighted by Gasteiger charge is 2.32. The number of H-pyrrole nitrogens is 1. The van der Waals surface area contributed by atoms with Crippen LogP contribution in [0.5, 0.6) is 5.75 Å². The molecular formula is C15H14F3N3O2. The van der Waals surface area contributed by atoms with Crippen LogP contribution in [0.2, 0.25) is 0 Å².